The monoisotopic (exact) mass is 192 g/mol. The number of unbranched alkanes of at least 4 members (excludes halogenated alkanes) is 4. The average molecular weight is 192 g/mol. The summed E-state index contributed by atoms with van der Waals surface area (Å²) in [4.78, 5) is 0. The van der Waals surface area contributed by atoms with Crippen LogP contribution in [-0.4, -0.2) is 0 Å². The SMILES string of the molecule is C#CC=C(CCCCC)CCCCC. The van der Waals surface area contributed by atoms with Crippen molar-refractivity contribution in [3.63, 3.8) is 0 Å². The van der Waals surface area contributed by atoms with Crippen molar-refractivity contribution in [2.75, 3.05) is 0 Å². The van der Waals surface area contributed by atoms with E-state index in [0.29, 0.717) is 0 Å². The molecule has 0 amide bonds. The lowest BCUT2D eigenvalue weighted by atomic mass is 10.0. The van der Waals surface area contributed by atoms with Crippen molar-refractivity contribution in [3.8, 4) is 12.3 Å². The van der Waals surface area contributed by atoms with Crippen LogP contribution in [0.15, 0.2) is 11.6 Å². The van der Waals surface area contributed by atoms with Gasteiger partial charge >= 0.3 is 0 Å². The molecule has 0 aromatic carbocycles. The third-order valence-corrected chi connectivity index (χ3v) is 2.49. The normalized spacial score (nSPS) is 9.50. The van der Waals surface area contributed by atoms with E-state index >= 15 is 0 Å². The standard InChI is InChI=1S/C14H24/c1-4-7-9-12-14(11-6-3)13-10-8-5-2/h3,11H,4-5,7-10,12-13H2,1-2H3. The van der Waals surface area contributed by atoms with Gasteiger partial charge in [0.1, 0.15) is 0 Å². The lowest BCUT2D eigenvalue weighted by molar-refractivity contribution is 0.659. The van der Waals surface area contributed by atoms with Gasteiger partial charge in [0, 0.05) is 0 Å². The summed E-state index contributed by atoms with van der Waals surface area (Å²) in [7, 11) is 0. The first kappa shape index (κ1) is 13.3. The van der Waals surface area contributed by atoms with E-state index in [9.17, 15) is 0 Å². The van der Waals surface area contributed by atoms with Gasteiger partial charge in [0.15, 0.2) is 0 Å². The zero-order valence-corrected chi connectivity index (χ0v) is 9.81. The molecule has 0 heteroatoms. The molecule has 0 unspecified atom stereocenters. The third-order valence-electron chi connectivity index (χ3n) is 2.49. The van der Waals surface area contributed by atoms with Crippen molar-refractivity contribution in [1.82, 2.24) is 0 Å². The highest BCUT2D eigenvalue weighted by Gasteiger charge is 1.96. The fraction of sp³-hybridized carbons (Fsp3) is 0.714. The summed E-state index contributed by atoms with van der Waals surface area (Å²) >= 11 is 0. The molecular weight excluding hydrogens is 168 g/mol. The van der Waals surface area contributed by atoms with Crippen LogP contribution < -0.4 is 0 Å². The fourth-order valence-electron chi connectivity index (χ4n) is 1.59. The molecule has 14 heavy (non-hydrogen) atoms. The maximum atomic E-state index is 5.31. The van der Waals surface area contributed by atoms with Crippen molar-refractivity contribution < 1.29 is 0 Å². The highest BCUT2D eigenvalue weighted by atomic mass is 14.0. The Kier molecular flexibility index (Phi) is 9.86. The molecule has 0 aliphatic rings. The lowest BCUT2D eigenvalue weighted by Crippen LogP contribution is -1.86. The van der Waals surface area contributed by atoms with Gasteiger partial charge in [0.25, 0.3) is 0 Å². The lowest BCUT2D eigenvalue weighted by Gasteiger charge is -2.05. The summed E-state index contributed by atoms with van der Waals surface area (Å²) in [6, 6.07) is 0. The van der Waals surface area contributed by atoms with Crippen LogP contribution in [-0.2, 0) is 0 Å². The Hall–Kier alpha value is -0.700. The number of terminal acetylenes is 1. The largest absolute Gasteiger partial charge is 0.115 e. The molecular formula is C14H24. The summed E-state index contributed by atoms with van der Waals surface area (Å²) in [5, 5.41) is 0. The van der Waals surface area contributed by atoms with Gasteiger partial charge in [-0.1, -0.05) is 51.0 Å². The van der Waals surface area contributed by atoms with Crippen LogP contribution in [0.1, 0.15) is 65.2 Å². The maximum absolute atomic E-state index is 5.31. The maximum Gasteiger partial charge on any atom is -0.0130 e. The molecule has 0 heterocycles. The molecule has 0 spiro atoms. The molecule has 0 N–H and O–H groups in total. The smallest absolute Gasteiger partial charge is 0.0130 e. The van der Waals surface area contributed by atoms with Crippen molar-refractivity contribution >= 4 is 0 Å². The summed E-state index contributed by atoms with van der Waals surface area (Å²) in [6.07, 6.45) is 17.6. The first-order chi connectivity index (χ1) is 6.85. The third kappa shape index (κ3) is 7.92. The van der Waals surface area contributed by atoms with Gasteiger partial charge in [0.2, 0.25) is 0 Å². The number of hydrogen-bond donors (Lipinski definition) is 0. The van der Waals surface area contributed by atoms with E-state index in [-0.39, 0.29) is 0 Å². The van der Waals surface area contributed by atoms with Gasteiger partial charge in [-0.25, -0.2) is 0 Å². The first-order valence-electron chi connectivity index (χ1n) is 5.99. The van der Waals surface area contributed by atoms with Crippen molar-refractivity contribution in [2.45, 2.75) is 65.2 Å². The van der Waals surface area contributed by atoms with Crippen LogP contribution in [0.25, 0.3) is 0 Å². The molecule has 0 nitrogen and oxygen atoms in total. The molecule has 0 saturated heterocycles. The van der Waals surface area contributed by atoms with E-state index in [4.69, 9.17) is 6.42 Å². The second kappa shape index (κ2) is 10.4. The second-order valence-corrected chi connectivity index (χ2v) is 3.88. The molecule has 0 saturated carbocycles. The summed E-state index contributed by atoms with van der Waals surface area (Å²) in [6.45, 7) is 4.48. The second-order valence-electron chi connectivity index (χ2n) is 3.88. The van der Waals surface area contributed by atoms with Crippen LogP contribution in [0, 0.1) is 12.3 Å². The van der Waals surface area contributed by atoms with Crippen LogP contribution in [0.3, 0.4) is 0 Å². The molecule has 0 fully saturated rings. The number of hydrogen-bond acceptors (Lipinski definition) is 0. The Balaban J connectivity index is 3.68. The molecule has 0 aromatic heterocycles. The molecule has 0 atom stereocenters. The van der Waals surface area contributed by atoms with Crippen molar-refractivity contribution in [3.05, 3.63) is 11.6 Å². The predicted octanol–water partition coefficient (Wildman–Crippen LogP) is 4.71. The van der Waals surface area contributed by atoms with Crippen molar-refractivity contribution in [1.29, 1.82) is 0 Å². The zero-order chi connectivity index (χ0) is 10.6. The van der Waals surface area contributed by atoms with Crippen molar-refractivity contribution in [2.24, 2.45) is 0 Å². The van der Waals surface area contributed by atoms with Crippen LogP contribution in [0.4, 0.5) is 0 Å². The van der Waals surface area contributed by atoms with Gasteiger partial charge in [-0.2, -0.15) is 0 Å². The topological polar surface area (TPSA) is 0 Å². The Morgan fingerprint density at radius 1 is 1.00 bits per heavy atom. The van der Waals surface area contributed by atoms with Crippen LogP contribution in [0.2, 0.25) is 0 Å². The van der Waals surface area contributed by atoms with E-state index in [1.807, 2.05) is 6.08 Å². The van der Waals surface area contributed by atoms with Crippen LogP contribution in [0.5, 0.6) is 0 Å². The number of allylic oxidation sites excluding steroid dienone is 2. The number of rotatable bonds is 8. The minimum Gasteiger partial charge on any atom is -0.115 e. The van der Waals surface area contributed by atoms with E-state index in [0.717, 1.165) is 0 Å². The van der Waals surface area contributed by atoms with Gasteiger partial charge in [-0.3, -0.25) is 0 Å². The molecule has 80 valence electrons. The van der Waals surface area contributed by atoms with E-state index in [1.165, 1.54) is 56.9 Å². The molecule has 0 radical (unpaired) electrons. The van der Waals surface area contributed by atoms with Gasteiger partial charge in [-0.05, 0) is 31.8 Å². The summed E-state index contributed by atoms with van der Waals surface area (Å²) < 4.78 is 0. The minimum atomic E-state index is 1.21. The van der Waals surface area contributed by atoms with Gasteiger partial charge in [0.05, 0.1) is 0 Å². The Morgan fingerprint density at radius 3 is 1.86 bits per heavy atom. The average Bonchev–Trinajstić information content (AvgIpc) is 2.18. The predicted molar refractivity (Wildman–Crippen MR) is 65.2 cm³/mol. The Labute approximate surface area is 89.8 Å². The molecule has 0 aliphatic heterocycles. The van der Waals surface area contributed by atoms with E-state index in [1.54, 1.807) is 0 Å². The van der Waals surface area contributed by atoms with Gasteiger partial charge < -0.3 is 0 Å². The van der Waals surface area contributed by atoms with Crippen LogP contribution >= 0.6 is 0 Å². The highest BCUT2D eigenvalue weighted by molar-refractivity contribution is 5.17. The Bertz CT molecular complexity index is 169. The molecule has 0 aliphatic carbocycles. The minimum absolute atomic E-state index is 1.21. The summed E-state index contributed by atoms with van der Waals surface area (Å²) in [5.74, 6) is 2.66. The summed E-state index contributed by atoms with van der Waals surface area (Å²) in [5.41, 5.74) is 1.48. The van der Waals surface area contributed by atoms with E-state index < -0.39 is 0 Å². The zero-order valence-electron chi connectivity index (χ0n) is 9.81. The first-order valence-corrected chi connectivity index (χ1v) is 5.99. The molecule has 0 aromatic rings. The fourth-order valence-corrected chi connectivity index (χ4v) is 1.59. The Morgan fingerprint density at radius 2 is 1.50 bits per heavy atom. The molecule has 0 bridgehead atoms. The quantitative estimate of drug-likeness (QED) is 0.386. The van der Waals surface area contributed by atoms with E-state index in [2.05, 4.69) is 19.8 Å². The molecule has 0 rings (SSSR count). The highest BCUT2D eigenvalue weighted by Crippen LogP contribution is 2.15. The van der Waals surface area contributed by atoms with Gasteiger partial charge in [-0.15, -0.1) is 6.42 Å².